The highest BCUT2D eigenvalue weighted by molar-refractivity contribution is 9.10. The second-order valence-corrected chi connectivity index (χ2v) is 5.62. The highest BCUT2D eigenvalue weighted by atomic mass is 79.9. The van der Waals surface area contributed by atoms with Gasteiger partial charge < -0.3 is 14.8 Å². The molecule has 0 saturated heterocycles. The summed E-state index contributed by atoms with van der Waals surface area (Å²) in [6.07, 6.45) is -0.523. The van der Waals surface area contributed by atoms with Crippen LogP contribution in [0.4, 0.5) is 0 Å². The van der Waals surface area contributed by atoms with E-state index in [2.05, 4.69) is 41.2 Å². The van der Waals surface area contributed by atoms with Crippen molar-refractivity contribution in [1.29, 1.82) is 5.26 Å². The van der Waals surface area contributed by atoms with Gasteiger partial charge in [0.05, 0.1) is 11.1 Å². The van der Waals surface area contributed by atoms with E-state index in [0.717, 1.165) is 16.6 Å². The van der Waals surface area contributed by atoms with Crippen LogP contribution < -0.4 is 14.8 Å². The summed E-state index contributed by atoms with van der Waals surface area (Å²) < 4.78 is 12.0. The molecule has 0 saturated carbocycles. The largest absolute Gasteiger partial charge is 0.490 e. The second-order valence-electron chi connectivity index (χ2n) is 4.76. The van der Waals surface area contributed by atoms with Gasteiger partial charge >= 0.3 is 0 Å². The molecule has 1 N–H and O–H groups in total. The Hall–Kier alpha value is -1.25. The molecule has 1 unspecified atom stereocenters. The second kappa shape index (κ2) is 8.13. The summed E-state index contributed by atoms with van der Waals surface area (Å²) in [6.45, 7) is 9.13. The Balaban J connectivity index is 3.02. The van der Waals surface area contributed by atoms with Crippen molar-refractivity contribution < 1.29 is 9.47 Å². The van der Waals surface area contributed by atoms with Gasteiger partial charge in [-0.25, -0.2) is 0 Å². The van der Waals surface area contributed by atoms with E-state index in [4.69, 9.17) is 14.7 Å². The van der Waals surface area contributed by atoms with Gasteiger partial charge in [0, 0.05) is 12.6 Å². The van der Waals surface area contributed by atoms with Gasteiger partial charge in [0.2, 0.25) is 0 Å². The molecule has 0 aliphatic heterocycles. The first-order valence-corrected chi connectivity index (χ1v) is 7.52. The smallest absolute Gasteiger partial charge is 0.181 e. The van der Waals surface area contributed by atoms with E-state index in [0.29, 0.717) is 24.1 Å². The molecule has 1 aromatic rings. The molecule has 4 nitrogen and oxygen atoms in total. The van der Waals surface area contributed by atoms with Crippen LogP contribution in [-0.2, 0) is 6.54 Å². The minimum absolute atomic E-state index is 0.416. The molecule has 110 valence electrons. The number of nitrogens with zero attached hydrogens (tertiary/aromatic N) is 1. The van der Waals surface area contributed by atoms with E-state index in [9.17, 15) is 0 Å². The van der Waals surface area contributed by atoms with Crippen LogP contribution in [0.5, 0.6) is 11.5 Å². The first-order valence-electron chi connectivity index (χ1n) is 6.72. The zero-order valence-corrected chi connectivity index (χ0v) is 14.0. The predicted octanol–water partition coefficient (Wildman–Crippen LogP) is 3.64. The van der Waals surface area contributed by atoms with Crippen LogP contribution in [0, 0.1) is 11.3 Å². The third-order valence-electron chi connectivity index (χ3n) is 2.56. The Kier molecular flexibility index (Phi) is 6.83. The Morgan fingerprint density at radius 1 is 1.35 bits per heavy atom. The number of nitrogens with one attached hydrogen (secondary N) is 1. The van der Waals surface area contributed by atoms with Crippen molar-refractivity contribution in [3.63, 3.8) is 0 Å². The Labute approximate surface area is 129 Å². The summed E-state index contributed by atoms with van der Waals surface area (Å²) in [5, 5.41) is 12.2. The van der Waals surface area contributed by atoms with Crippen LogP contribution in [0.3, 0.4) is 0 Å². The Bertz CT molecular complexity index is 483. The zero-order valence-electron chi connectivity index (χ0n) is 12.4. The third kappa shape index (κ3) is 5.03. The number of rotatable bonds is 7. The molecule has 20 heavy (non-hydrogen) atoms. The van der Waals surface area contributed by atoms with Gasteiger partial charge in [0.25, 0.3) is 0 Å². The zero-order chi connectivity index (χ0) is 15.1. The fourth-order valence-electron chi connectivity index (χ4n) is 1.63. The highest BCUT2D eigenvalue weighted by Crippen LogP contribution is 2.37. The Morgan fingerprint density at radius 2 is 2.05 bits per heavy atom. The number of ether oxygens (including phenoxy) is 2. The number of benzene rings is 1. The summed E-state index contributed by atoms with van der Waals surface area (Å²) in [7, 11) is 0. The summed E-state index contributed by atoms with van der Waals surface area (Å²) >= 11 is 3.49. The molecule has 0 fully saturated rings. The van der Waals surface area contributed by atoms with Gasteiger partial charge in [0.15, 0.2) is 17.6 Å². The topological polar surface area (TPSA) is 54.3 Å². The minimum Gasteiger partial charge on any atom is -0.490 e. The van der Waals surface area contributed by atoms with Crippen molar-refractivity contribution in [1.82, 2.24) is 5.32 Å². The standard InChI is InChI=1S/C15H21BrN2O2/c1-5-19-14-7-12(9-18-10(2)3)6-13(16)15(14)20-11(4)8-17/h6-7,10-11,18H,5,9H2,1-4H3. The molecule has 0 aliphatic carbocycles. The van der Waals surface area contributed by atoms with Crippen LogP contribution in [0.25, 0.3) is 0 Å². The van der Waals surface area contributed by atoms with Gasteiger partial charge in [-0.1, -0.05) is 13.8 Å². The summed E-state index contributed by atoms with van der Waals surface area (Å²) in [4.78, 5) is 0. The highest BCUT2D eigenvalue weighted by Gasteiger charge is 2.15. The molecule has 5 heteroatoms. The summed E-state index contributed by atoms with van der Waals surface area (Å²) in [5.41, 5.74) is 1.10. The van der Waals surface area contributed by atoms with Crippen LogP contribution in [0.1, 0.15) is 33.3 Å². The van der Waals surface area contributed by atoms with Crippen LogP contribution in [-0.4, -0.2) is 18.8 Å². The van der Waals surface area contributed by atoms with Gasteiger partial charge in [-0.3, -0.25) is 0 Å². The van der Waals surface area contributed by atoms with Gasteiger partial charge in [-0.05, 0) is 47.5 Å². The van der Waals surface area contributed by atoms with E-state index in [1.165, 1.54) is 0 Å². The first-order chi connectivity index (χ1) is 9.47. The molecule has 0 spiro atoms. The average molecular weight is 341 g/mol. The third-order valence-corrected chi connectivity index (χ3v) is 3.15. The van der Waals surface area contributed by atoms with E-state index in [1.807, 2.05) is 19.1 Å². The maximum atomic E-state index is 8.87. The van der Waals surface area contributed by atoms with Crippen molar-refractivity contribution >= 4 is 15.9 Å². The van der Waals surface area contributed by atoms with E-state index in [1.54, 1.807) is 6.92 Å². The molecule has 1 aromatic carbocycles. The van der Waals surface area contributed by atoms with Crippen molar-refractivity contribution in [3.8, 4) is 17.6 Å². The maximum absolute atomic E-state index is 8.87. The lowest BCUT2D eigenvalue weighted by atomic mass is 10.2. The van der Waals surface area contributed by atoms with E-state index >= 15 is 0 Å². The maximum Gasteiger partial charge on any atom is 0.181 e. The van der Waals surface area contributed by atoms with Gasteiger partial charge in [-0.15, -0.1) is 0 Å². The molecule has 1 rings (SSSR count). The number of hydrogen-bond acceptors (Lipinski definition) is 4. The lowest BCUT2D eigenvalue weighted by Gasteiger charge is -2.17. The predicted molar refractivity (Wildman–Crippen MR) is 83.0 cm³/mol. The number of halogens is 1. The average Bonchev–Trinajstić information content (AvgIpc) is 2.40. The van der Waals surface area contributed by atoms with Crippen LogP contribution >= 0.6 is 15.9 Å². The molecule has 0 amide bonds. The molecule has 0 heterocycles. The fourth-order valence-corrected chi connectivity index (χ4v) is 2.21. The van der Waals surface area contributed by atoms with E-state index in [-0.39, 0.29) is 0 Å². The SMILES string of the molecule is CCOc1cc(CNC(C)C)cc(Br)c1OC(C)C#N. The summed E-state index contributed by atoms with van der Waals surface area (Å²) in [6, 6.07) is 6.40. The molecule has 0 radical (unpaired) electrons. The number of nitriles is 1. The van der Waals surface area contributed by atoms with Crippen molar-refractivity contribution in [2.75, 3.05) is 6.61 Å². The molecule has 0 bridgehead atoms. The molecule has 0 aliphatic rings. The van der Waals surface area contributed by atoms with Crippen molar-refractivity contribution in [2.45, 2.75) is 46.4 Å². The molecular weight excluding hydrogens is 320 g/mol. The summed E-state index contributed by atoms with van der Waals surface area (Å²) in [5.74, 6) is 1.23. The van der Waals surface area contributed by atoms with Crippen molar-refractivity contribution in [2.24, 2.45) is 0 Å². The van der Waals surface area contributed by atoms with Gasteiger partial charge in [-0.2, -0.15) is 5.26 Å². The normalized spacial score (nSPS) is 12.1. The lowest BCUT2D eigenvalue weighted by Crippen LogP contribution is -2.22. The fraction of sp³-hybridized carbons (Fsp3) is 0.533. The van der Waals surface area contributed by atoms with Crippen LogP contribution in [0.2, 0.25) is 0 Å². The van der Waals surface area contributed by atoms with E-state index < -0.39 is 6.10 Å². The lowest BCUT2D eigenvalue weighted by molar-refractivity contribution is 0.248. The molecule has 0 aromatic heterocycles. The monoisotopic (exact) mass is 340 g/mol. The minimum atomic E-state index is -0.523. The molecular formula is C15H21BrN2O2. The van der Waals surface area contributed by atoms with Gasteiger partial charge in [0.1, 0.15) is 6.07 Å². The van der Waals surface area contributed by atoms with Crippen LogP contribution in [0.15, 0.2) is 16.6 Å². The first kappa shape index (κ1) is 16.8. The quantitative estimate of drug-likeness (QED) is 0.823. The Morgan fingerprint density at radius 3 is 2.60 bits per heavy atom. The van der Waals surface area contributed by atoms with Crippen molar-refractivity contribution in [3.05, 3.63) is 22.2 Å². The number of hydrogen-bond donors (Lipinski definition) is 1. The molecule has 1 atom stereocenters.